The summed E-state index contributed by atoms with van der Waals surface area (Å²) < 4.78 is 11.8. The molecule has 0 aliphatic heterocycles. The Kier molecular flexibility index (Phi) is 4.68. The van der Waals surface area contributed by atoms with E-state index >= 15 is 0 Å². The van der Waals surface area contributed by atoms with Crippen molar-refractivity contribution < 1.29 is 19.1 Å². The molecule has 158 valence electrons. The van der Waals surface area contributed by atoms with Crippen molar-refractivity contribution in [2.24, 2.45) is 53.3 Å². The third-order valence-corrected chi connectivity index (χ3v) is 9.34. The van der Waals surface area contributed by atoms with E-state index in [4.69, 9.17) is 14.7 Å². The van der Waals surface area contributed by atoms with Crippen LogP contribution in [0.25, 0.3) is 0 Å². The van der Waals surface area contributed by atoms with Crippen LogP contribution in [0.4, 0.5) is 0 Å². The molecule has 0 spiro atoms. The molecule has 5 heteroatoms. The maximum atomic E-state index is 13.5. The molecule has 6 atom stereocenters. The minimum atomic E-state index is -0.397. The van der Waals surface area contributed by atoms with Crippen LogP contribution in [0.1, 0.15) is 65.2 Å². The highest BCUT2D eigenvalue weighted by atomic mass is 16.6. The summed E-state index contributed by atoms with van der Waals surface area (Å²) in [7, 11) is 0. The Labute approximate surface area is 173 Å². The molecular weight excluding hydrogens is 366 g/mol. The molecular formula is C24H33NO4. The van der Waals surface area contributed by atoms with Gasteiger partial charge in [-0.1, -0.05) is 13.8 Å². The summed E-state index contributed by atoms with van der Waals surface area (Å²) in [6, 6.07) is 2.01. The predicted octanol–water partition coefficient (Wildman–Crippen LogP) is 4.11. The van der Waals surface area contributed by atoms with Crippen molar-refractivity contribution in [3.8, 4) is 6.07 Å². The number of carbonyl (C=O) groups is 2. The Morgan fingerprint density at radius 3 is 1.93 bits per heavy atom. The number of ether oxygens (including phenoxy) is 2. The molecule has 6 rings (SSSR count). The molecule has 0 heterocycles. The molecule has 0 aromatic carbocycles. The first-order valence-electron chi connectivity index (χ1n) is 11.7. The van der Waals surface area contributed by atoms with Gasteiger partial charge >= 0.3 is 11.9 Å². The van der Waals surface area contributed by atoms with E-state index in [1.54, 1.807) is 0 Å². The van der Waals surface area contributed by atoms with Crippen molar-refractivity contribution in [3.63, 3.8) is 0 Å². The zero-order valence-electron chi connectivity index (χ0n) is 17.6. The fraction of sp³-hybridized carbons (Fsp3) is 0.875. The second-order valence-corrected chi connectivity index (χ2v) is 10.9. The van der Waals surface area contributed by atoms with E-state index in [-0.39, 0.29) is 48.3 Å². The molecule has 6 saturated carbocycles. The van der Waals surface area contributed by atoms with Gasteiger partial charge in [0.05, 0.1) is 24.3 Å². The minimum Gasteiger partial charge on any atom is -0.464 e. The van der Waals surface area contributed by atoms with Gasteiger partial charge in [0.1, 0.15) is 12.2 Å². The van der Waals surface area contributed by atoms with Crippen molar-refractivity contribution in [2.45, 2.75) is 70.8 Å². The van der Waals surface area contributed by atoms with Crippen molar-refractivity contribution >= 4 is 11.9 Å². The molecule has 5 nitrogen and oxygen atoms in total. The third kappa shape index (κ3) is 3.09. The summed E-state index contributed by atoms with van der Waals surface area (Å²) in [4.78, 5) is 26.4. The Bertz CT molecular complexity index is 704. The molecule has 0 saturated heterocycles. The zero-order chi connectivity index (χ0) is 20.3. The van der Waals surface area contributed by atoms with Gasteiger partial charge in [0.15, 0.2) is 0 Å². The normalized spacial score (nSPS) is 49.1. The molecule has 0 amide bonds. The number of rotatable bonds is 5. The number of carbonyl (C=O) groups excluding carboxylic acids is 2. The highest BCUT2D eigenvalue weighted by molar-refractivity contribution is 5.84. The van der Waals surface area contributed by atoms with Gasteiger partial charge in [-0.3, -0.25) is 9.59 Å². The average Bonchev–Trinajstić information content (AvgIpc) is 3.17. The van der Waals surface area contributed by atoms with Gasteiger partial charge in [-0.2, -0.15) is 5.26 Å². The quantitative estimate of drug-likeness (QED) is 0.514. The van der Waals surface area contributed by atoms with Gasteiger partial charge in [-0.15, -0.1) is 0 Å². The summed E-state index contributed by atoms with van der Waals surface area (Å²) in [5.41, 5.74) is -0.266. The van der Waals surface area contributed by atoms with E-state index in [1.807, 2.05) is 6.07 Å². The Balaban J connectivity index is 1.34. The summed E-state index contributed by atoms with van der Waals surface area (Å²) in [5, 5.41) is 8.74. The standard InChI is InChI=1S/C24H33NO4/c1-13-14(2)19-9-18(13)20(22(26)28-5-3-4-25)21(19)23(27)29-24-10-15-6-16(11-24)8-17(7-15)12-24/h13-21H,3,5-12H2,1-2H3. The van der Waals surface area contributed by atoms with Gasteiger partial charge in [-0.25, -0.2) is 0 Å². The van der Waals surface area contributed by atoms with Crippen LogP contribution in [0.5, 0.6) is 0 Å². The monoisotopic (exact) mass is 399 g/mol. The molecule has 6 unspecified atom stereocenters. The lowest BCUT2D eigenvalue weighted by Crippen LogP contribution is -2.54. The molecule has 29 heavy (non-hydrogen) atoms. The fourth-order valence-electron chi connectivity index (χ4n) is 8.38. The summed E-state index contributed by atoms with van der Waals surface area (Å²) >= 11 is 0. The van der Waals surface area contributed by atoms with E-state index in [9.17, 15) is 9.59 Å². The third-order valence-electron chi connectivity index (χ3n) is 9.34. The lowest BCUT2D eigenvalue weighted by molar-refractivity contribution is -0.197. The molecule has 0 aromatic rings. The zero-order valence-corrected chi connectivity index (χ0v) is 17.6. The van der Waals surface area contributed by atoms with E-state index in [1.165, 1.54) is 19.3 Å². The van der Waals surface area contributed by atoms with E-state index in [0.29, 0.717) is 11.8 Å². The van der Waals surface area contributed by atoms with Gasteiger partial charge < -0.3 is 9.47 Å². The van der Waals surface area contributed by atoms with Crippen molar-refractivity contribution in [2.75, 3.05) is 6.61 Å². The van der Waals surface area contributed by atoms with Crippen LogP contribution in [0.15, 0.2) is 0 Å². The maximum absolute atomic E-state index is 13.5. The van der Waals surface area contributed by atoms with Gasteiger partial charge in [0, 0.05) is 0 Å². The largest absolute Gasteiger partial charge is 0.464 e. The van der Waals surface area contributed by atoms with E-state index in [2.05, 4.69) is 13.8 Å². The number of nitriles is 1. The van der Waals surface area contributed by atoms with Crippen molar-refractivity contribution in [1.82, 2.24) is 0 Å². The van der Waals surface area contributed by atoms with E-state index in [0.717, 1.165) is 43.4 Å². The maximum Gasteiger partial charge on any atom is 0.310 e. The molecule has 6 bridgehead atoms. The first-order valence-corrected chi connectivity index (χ1v) is 11.7. The Hall–Kier alpha value is -1.57. The molecule has 6 fully saturated rings. The summed E-state index contributed by atoms with van der Waals surface area (Å²) in [6.45, 7) is 4.53. The first kappa shape index (κ1) is 19.4. The van der Waals surface area contributed by atoms with Crippen LogP contribution in [-0.4, -0.2) is 24.1 Å². The topological polar surface area (TPSA) is 76.4 Å². The van der Waals surface area contributed by atoms with Crippen LogP contribution in [0, 0.1) is 64.6 Å². The smallest absolute Gasteiger partial charge is 0.310 e. The van der Waals surface area contributed by atoms with Crippen LogP contribution in [0.2, 0.25) is 0 Å². The van der Waals surface area contributed by atoms with E-state index < -0.39 is 5.92 Å². The Morgan fingerprint density at radius 1 is 0.897 bits per heavy atom. The van der Waals surface area contributed by atoms with Crippen LogP contribution < -0.4 is 0 Å². The van der Waals surface area contributed by atoms with Crippen LogP contribution >= 0.6 is 0 Å². The number of nitrogens with zero attached hydrogens (tertiary/aromatic N) is 1. The van der Waals surface area contributed by atoms with Crippen LogP contribution in [0.3, 0.4) is 0 Å². The minimum absolute atomic E-state index is 0.115. The molecule has 0 aromatic heterocycles. The van der Waals surface area contributed by atoms with Gasteiger partial charge in [0.2, 0.25) is 0 Å². The summed E-state index contributed by atoms with van der Waals surface area (Å²) in [6.07, 6.45) is 8.12. The number of esters is 2. The number of fused-ring (bicyclic) bond motifs is 2. The van der Waals surface area contributed by atoms with Gasteiger partial charge in [0.25, 0.3) is 0 Å². The second-order valence-electron chi connectivity index (χ2n) is 10.9. The number of hydrogen-bond acceptors (Lipinski definition) is 5. The predicted molar refractivity (Wildman–Crippen MR) is 105 cm³/mol. The first-order chi connectivity index (χ1) is 13.9. The molecule has 6 aliphatic rings. The van der Waals surface area contributed by atoms with Crippen molar-refractivity contribution in [1.29, 1.82) is 5.26 Å². The lowest BCUT2D eigenvalue weighted by atomic mass is 9.54. The number of hydrogen-bond donors (Lipinski definition) is 0. The average molecular weight is 400 g/mol. The fourth-order valence-corrected chi connectivity index (χ4v) is 8.38. The SMILES string of the molecule is CC1C(C)C2CC1C(C(=O)OCCC#N)C2C(=O)OC12CC3CC(CC(C3)C1)C2. The molecule has 0 N–H and O–H groups in total. The summed E-state index contributed by atoms with van der Waals surface area (Å²) in [5.74, 6) is 2.22. The highest BCUT2D eigenvalue weighted by Crippen LogP contribution is 2.61. The Morgan fingerprint density at radius 2 is 1.41 bits per heavy atom. The van der Waals surface area contributed by atoms with Gasteiger partial charge in [-0.05, 0) is 86.4 Å². The second kappa shape index (κ2) is 7.00. The highest BCUT2D eigenvalue weighted by Gasteiger charge is 2.62. The van der Waals surface area contributed by atoms with Crippen LogP contribution in [-0.2, 0) is 19.1 Å². The van der Waals surface area contributed by atoms with Crippen molar-refractivity contribution in [3.05, 3.63) is 0 Å². The molecule has 6 aliphatic carbocycles. The molecule has 0 radical (unpaired) electrons. The lowest BCUT2D eigenvalue weighted by Gasteiger charge is -2.56.